The van der Waals surface area contributed by atoms with Crippen molar-refractivity contribution >= 4 is 17.4 Å². The van der Waals surface area contributed by atoms with Gasteiger partial charge in [-0.25, -0.2) is 4.79 Å². The molecule has 2 aromatic rings. The zero-order valence-electron chi connectivity index (χ0n) is 17.3. The number of nitrogens with one attached hydrogen (secondary N) is 2. The molecule has 6 nitrogen and oxygen atoms in total. The number of alkyl halides is 3. The van der Waals surface area contributed by atoms with Crippen LogP contribution in [0.1, 0.15) is 37.5 Å². The van der Waals surface area contributed by atoms with Crippen molar-refractivity contribution in [1.82, 2.24) is 5.32 Å². The van der Waals surface area contributed by atoms with Gasteiger partial charge >= 0.3 is 12.2 Å². The number of methoxy groups -OCH3 is 1. The lowest BCUT2D eigenvalue weighted by atomic mass is 9.92. The van der Waals surface area contributed by atoms with Gasteiger partial charge in [-0.2, -0.15) is 13.2 Å². The van der Waals surface area contributed by atoms with Crippen LogP contribution >= 0.6 is 0 Å². The van der Waals surface area contributed by atoms with E-state index in [0.29, 0.717) is 5.71 Å². The summed E-state index contributed by atoms with van der Waals surface area (Å²) in [4.78, 5) is 17.2. The molecular weight excluding hydrogens is 399 g/mol. The van der Waals surface area contributed by atoms with Crippen molar-refractivity contribution in [2.24, 2.45) is 5.16 Å². The Bertz CT molecular complexity index is 941. The zero-order valence-corrected chi connectivity index (χ0v) is 17.3. The second-order valence-electron chi connectivity index (χ2n) is 7.06. The smallest absolute Gasteiger partial charge is 0.420 e. The predicted octanol–water partition coefficient (Wildman–Crippen LogP) is 5.14. The maximum absolute atomic E-state index is 13.2. The second kappa shape index (κ2) is 9.06. The number of carbonyl (C=O) groups is 1. The molecule has 2 amide bonds. The van der Waals surface area contributed by atoms with Crippen molar-refractivity contribution in [2.45, 2.75) is 32.5 Å². The van der Waals surface area contributed by atoms with Gasteiger partial charge in [-0.3, -0.25) is 0 Å². The van der Waals surface area contributed by atoms with Gasteiger partial charge in [-0.1, -0.05) is 23.4 Å². The van der Waals surface area contributed by atoms with Crippen LogP contribution in [0.2, 0.25) is 0 Å². The number of hydrogen-bond donors (Lipinski definition) is 2. The molecule has 2 N–H and O–H groups in total. The number of anilines is 1. The first-order valence-electron chi connectivity index (χ1n) is 9.01. The van der Waals surface area contributed by atoms with Crippen molar-refractivity contribution in [3.8, 4) is 5.75 Å². The number of oxime groups is 1. The van der Waals surface area contributed by atoms with Gasteiger partial charge in [-0.15, -0.1) is 0 Å². The van der Waals surface area contributed by atoms with Gasteiger partial charge in [-0.05, 0) is 56.2 Å². The van der Waals surface area contributed by atoms with E-state index in [2.05, 4.69) is 15.8 Å². The average Bonchev–Trinajstić information content (AvgIpc) is 2.67. The fourth-order valence-corrected chi connectivity index (χ4v) is 2.85. The fourth-order valence-electron chi connectivity index (χ4n) is 2.85. The van der Waals surface area contributed by atoms with Crippen molar-refractivity contribution in [3.63, 3.8) is 0 Å². The molecule has 0 saturated carbocycles. The Balaban J connectivity index is 2.20. The second-order valence-corrected chi connectivity index (χ2v) is 7.06. The molecule has 0 aromatic heterocycles. The van der Waals surface area contributed by atoms with Gasteiger partial charge in [0.05, 0.1) is 23.9 Å². The Labute approximate surface area is 173 Å². The van der Waals surface area contributed by atoms with Crippen LogP contribution in [-0.4, -0.2) is 26.0 Å². The summed E-state index contributed by atoms with van der Waals surface area (Å²) in [7, 11) is 2.60. The molecule has 0 fully saturated rings. The Morgan fingerprint density at radius 2 is 1.77 bits per heavy atom. The summed E-state index contributed by atoms with van der Waals surface area (Å²) >= 11 is 0. The fraction of sp³-hybridized carbons (Fsp3) is 0.333. The van der Waals surface area contributed by atoms with Crippen LogP contribution in [0, 0.1) is 0 Å². The molecule has 0 saturated heterocycles. The minimum Gasteiger partial charge on any atom is -0.496 e. The number of carbonyl (C=O) groups excluding carboxylic acids is 1. The first-order chi connectivity index (χ1) is 14.0. The molecule has 0 spiro atoms. The number of hydrogen-bond acceptors (Lipinski definition) is 4. The number of benzene rings is 2. The maximum atomic E-state index is 13.2. The summed E-state index contributed by atoms with van der Waals surface area (Å²) in [6.45, 7) is 5.35. The minimum absolute atomic E-state index is 0.00625. The van der Waals surface area contributed by atoms with Crippen molar-refractivity contribution in [3.05, 3.63) is 59.2 Å². The van der Waals surface area contributed by atoms with Crippen LogP contribution in [0.15, 0.2) is 47.6 Å². The number of rotatable bonds is 6. The molecular formula is C21H24F3N3O3. The highest BCUT2D eigenvalue weighted by Crippen LogP contribution is 2.37. The maximum Gasteiger partial charge on any atom is 0.420 e. The Hall–Kier alpha value is -3.23. The largest absolute Gasteiger partial charge is 0.496 e. The third-order valence-electron chi connectivity index (χ3n) is 4.42. The number of halogens is 3. The van der Waals surface area contributed by atoms with E-state index >= 15 is 0 Å². The van der Waals surface area contributed by atoms with Crippen LogP contribution in [-0.2, 0) is 16.6 Å². The van der Waals surface area contributed by atoms with Gasteiger partial charge in [0.15, 0.2) is 0 Å². The topological polar surface area (TPSA) is 72.0 Å². The third-order valence-corrected chi connectivity index (χ3v) is 4.42. The molecule has 0 radical (unpaired) electrons. The quantitative estimate of drug-likeness (QED) is 0.499. The molecule has 0 aliphatic rings. The summed E-state index contributed by atoms with van der Waals surface area (Å²) in [5, 5.41) is 9.10. The zero-order chi connectivity index (χ0) is 22.5. The van der Waals surface area contributed by atoms with Gasteiger partial charge in [0.1, 0.15) is 12.9 Å². The standard InChI is InChI=1S/C21H24F3N3O3/c1-13(27-30-5)14-7-6-8-15(11-14)20(2,3)26-19(28)25-16-9-10-18(29-4)17(12-16)21(22,23)24/h6-12H,1-5H3,(H2,25,26,28)/b27-13+. The highest BCUT2D eigenvalue weighted by atomic mass is 19.4. The molecule has 0 aliphatic carbocycles. The van der Waals surface area contributed by atoms with E-state index in [9.17, 15) is 18.0 Å². The van der Waals surface area contributed by atoms with E-state index in [1.54, 1.807) is 20.8 Å². The first-order valence-corrected chi connectivity index (χ1v) is 9.01. The van der Waals surface area contributed by atoms with Gasteiger partial charge in [0, 0.05) is 5.69 Å². The predicted molar refractivity (Wildman–Crippen MR) is 109 cm³/mol. The summed E-state index contributed by atoms with van der Waals surface area (Å²) in [5.41, 5.74) is 0.474. The first kappa shape index (κ1) is 23.1. The molecule has 2 aromatic carbocycles. The summed E-state index contributed by atoms with van der Waals surface area (Å²) in [5.74, 6) is -0.321. The third kappa shape index (κ3) is 5.65. The molecule has 2 rings (SSSR count). The van der Waals surface area contributed by atoms with Crippen LogP contribution in [0.25, 0.3) is 0 Å². The van der Waals surface area contributed by atoms with Crippen LogP contribution in [0.3, 0.4) is 0 Å². The van der Waals surface area contributed by atoms with E-state index in [1.807, 2.05) is 24.3 Å². The molecule has 0 unspecified atom stereocenters. The Morgan fingerprint density at radius 1 is 1.07 bits per heavy atom. The SMILES string of the molecule is CO/N=C(\C)c1cccc(C(C)(C)NC(=O)Nc2ccc(OC)c(C(F)(F)F)c2)c1. The van der Waals surface area contributed by atoms with Crippen molar-refractivity contribution < 1.29 is 27.5 Å². The highest BCUT2D eigenvalue weighted by molar-refractivity contribution is 5.98. The molecule has 0 heterocycles. The Kier molecular flexibility index (Phi) is 6.96. The molecule has 0 atom stereocenters. The molecule has 0 aliphatic heterocycles. The minimum atomic E-state index is -4.61. The lowest BCUT2D eigenvalue weighted by Gasteiger charge is -2.27. The van der Waals surface area contributed by atoms with E-state index in [4.69, 9.17) is 9.57 Å². The number of ether oxygens (including phenoxy) is 1. The number of nitrogens with zero attached hydrogens (tertiary/aromatic N) is 1. The van der Waals surface area contributed by atoms with Crippen molar-refractivity contribution in [2.75, 3.05) is 19.5 Å². The monoisotopic (exact) mass is 423 g/mol. The highest BCUT2D eigenvalue weighted by Gasteiger charge is 2.34. The summed E-state index contributed by atoms with van der Waals surface area (Å²) in [6.07, 6.45) is -4.61. The molecule has 30 heavy (non-hydrogen) atoms. The van der Waals surface area contributed by atoms with Gasteiger partial charge in [0.25, 0.3) is 0 Å². The van der Waals surface area contributed by atoms with E-state index in [0.717, 1.165) is 30.4 Å². The molecule has 0 bridgehead atoms. The lowest BCUT2D eigenvalue weighted by molar-refractivity contribution is -0.138. The molecule has 9 heteroatoms. The van der Waals surface area contributed by atoms with Gasteiger partial charge in [0.2, 0.25) is 0 Å². The van der Waals surface area contributed by atoms with Crippen LogP contribution in [0.5, 0.6) is 5.75 Å². The lowest BCUT2D eigenvalue weighted by Crippen LogP contribution is -2.43. The van der Waals surface area contributed by atoms with Crippen molar-refractivity contribution in [1.29, 1.82) is 0 Å². The van der Waals surface area contributed by atoms with Crippen LogP contribution in [0.4, 0.5) is 23.7 Å². The van der Waals surface area contributed by atoms with Crippen LogP contribution < -0.4 is 15.4 Å². The average molecular weight is 423 g/mol. The summed E-state index contributed by atoms with van der Waals surface area (Å²) in [6, 6.07) is 10.0. The molecule has 162 valence electrons. The van der Waals surface area contributed by atoms with Gasteiger partial charge < -0.3 is 20.2 Å². The van der Waals surface area contributed by atoms with E-state index in [-0.39, 0.29) is 11.4 Å². The summed E-state index contributed by atoms with van der Waals surface area (Å²) < 4.78 is 44.3. The number of amides is 2. The normalized spacial score (nSPS) is 12.3. The Morgan fingerprint density at radius 3 is 2.37 bits per heavy atom. The number of urea groups is 1. The van der Waals surface area contributed by atoms with E-state index < -0.39 is 23.3 Å². The van der Waals surface area contributed by atoms with E-state index in [1.165, 1.54) is 13.2 Å².